The predicted molar refractivity (Wildman–Crippen MR) is 44.0 cm³/mol. The number of hydrogen-bond acceptors (Lipinski definition) is 2. The summed E-state index contributed by atoms with van der Waals surface area (Å²) < 4.78 is 4.65. The van der Waals surface area contributed by atoms with Crippen molar-refractivity contribution in [2.75, 3.05) is 0 Å². The molecule has 0 saturated carbocycles. The largest absolute Gasteiger partial charge is 0.489 e. The van der Waals surface area contributed by atoms with E-state index in [9.17, 15) is 4.79 Å². The lowest BCUT2D eigenvalue weighted by molar-refractivity contribution is -0.134. The van der Waals surface area contributed by atoms with Crippen LogP contribution in [0.25, 0.3) is 0 Å². The Bertz CT molecular complexity index is 147. The van der Waals surface area contributed by atoms with Crippen LogP contribution in [0.4, 0.5) is 0 Å². The Hall–Kier alpha value is 0.00688. The molecule has 0 aromatic heterocycles. The number of carbonyl (C=O) groups excluding carboxylic acids is 1. The summed E-state index contributed by atoms with van der Waals surface area (Å²) in [7, 11) is 0. The molecule has 0 atom stereocenters. The smallest absolute Gasteiger partial charge is 0.478 e. The first kappa shape index (κ1) is 10.0. The van der Waals surface area contributed by atoms with E-state index in [1.165, 1.54) is 5.70 Å². The summed E-state index contributed by atoms with van der Waals surface area (Å²) in [5.74, 6) is -0.392. The molecule has 0 aliphatic carbocycles. The summed E-state index contributed by atoms with van der Waals surface area (Å²) in [5.41, 5.74) is 1.28. The van der Waals surface area contributed by atoms with Crippen LogP contribution in [0.5, 0.6) is 0 Å². The van der Waals surface area contributed by atoms with Gasteiger partial charge in [-0.25, -0.2) is 0 Å². The van der Waals surface area contributed by atoms with Crippen LogP contribution in [0.15, 0.2) is 12.3 Å². The molecular weight excluding hydrogens is 191 g/mol. The predicted octanol–water partition coefficient (Wildman–Crippen LogP) is 2.08. The van der Waals surface area contributed by atoms with Crippen LogP contribution in [0.3, 0.4) is 0 Å². The maximum atomic E-state index is 10.6. The maximum Gasteiger partial charge on any atom is 0.478 e. The lowest BCUT2D eigenvalue weighted by Crippen LogP contribution is -2.25. The van der Waals surface area contributed by atoms with E-state index in [1.54, 1.807) is 6.92 Å². The van der Waals surface area contributed by atoms with Crippen LogP contribution in [0.2, 0.25) is 0 Å². The van der Waals surface area contributed by atoms with E-state index in [-0.39, 0.29) is 6.42 Å². The Morgan fingerprint density at radius 1 is 1.80 bits per heavy atom. The average Bonchev–Trinajstić information content (AvgIpc) is 1.87. The van der Waals surface area contributed by atoms with E-state index in [1.807, 2.05) is 0 Å². The fraction of sp³-hybridized carbons (Fsp3) is 0.400. The van der Waals surface area contributed by atoms with Crippen molar-refractivity contribution in [1.82, 2.24) is 0 Å². The van der Waals surface area contributed by atoms with Crippen molar-refractivity contribution in [3.8, 4) is 0 Å². The minimum absolute atomic E-state index is 0.280. The van der Waals surface area contributed by atoms with Crippen LogP contribution in [-0.4, -0.2) is 12.9 Å². The lowest BCUT2D eigenvalue weighted by Gasteiger charge is -2.10. The van der Waals surface area contributed by atoms with Crippen LogP contribution in [0.1, 0.15) is 13.3 Å². The van der Waals surface area contributed by atoms with Crippen LogP contribution < -0.4 is 0 Å². The van der Waals surface area contributed by atoms with Crippen molar-refractivity contribution < 1.29 is 9.22 Å². The van der Waals surface area contributed by atoms with E-state index in [4.69, 9.17) is 22.2 Å². The summed E-state index contributed by atoms with van der Waals surface area (Å²) in [6.07, 6.45) is 0.280. The zero-order valence-electron chi connectivity index (χ0n) is 5.56. The van der Waals surface area contributed by atoms with Gasteiger partial charge < -0.3 is 4.43 Å². The second-order valence-electron chi connectivity index (χ2n) is 1.59. The van der Waals surface area contributed by atoms with Gasteiger partial charge in [0.2, 0.25) is 0 Å². The van der Waals surface area contributed by atoms with Gasteiger partial charge in [0.15, 0.2) is 0 Å². The molecule has 0 rings (SSSR count). The fourth-order valence-corrected chi connectivity index (χ4v) is 1.31. The Labute approximate surface area is 70.3 Å². The van der Waals surface area contributed by atoms with Gasteiger partial charge >= 0.3 is 6.94 Å². The molecule has 0 fully saturated rings. The molecule has 10 heavy (non-hydrogen) atoms. The van der Waals surface area contributed by atoms with Gasteiger partial charge in [-0.15, -0.1) is 6.58 Å². The molecule has 2 nitrogen and oxygen atoms in total. The highest BCUT2D eigenvalue weighted by Gasteiger charge is 2.30. The Morgan fingerprint density at radius 3 is 2.60 bits per heavy atom. The minimum atomic E-state index is -2.90. The molecule has 5 heteroatoms. The van der Waals surface area contributed by atoms with Gasteiger partial charge in [-0.1, -0.05) is 29.1 Å². The van der Waals surface area contributed by atoms with E-state index < -0.39 is 12.9 Å². The first-order chi connectivity index (χ1) is 4.52. The Balaban J connectivity index is 3.88. The highest BCUT2D eigenvalue weighted by Crippen LogP contribution is 2.17. The van der Waals surface area contributed by atoms with E-state index in [2.05, 4.69) is 11.0 Å². The van der Waals surface area contributed by atoms with Crippen molar-refractivity contribution in [1.29, 1.82) is 0 Å². The summed E-state index contributed by atoms with van der Waals surface area (Å²) >= 11 is 11.1. The number of rotatable bonds is 3. The van der Waals surface area contributed by atoms with Crippen LogP contribution in [-0.2, 0) is 9.22 Å². The third-order valence-corrected chi connectivity index (χ3v) is 3.14. The molecule has 0 bridgehead atoms. The lowest BCUT2D eigenvalue weighted by atomic mass is 10.5. The molecule has 0 spiro atoms. The second-order valence-corrected chi connectivity index (χ2v) is 7.28. The molecule has 0 heterocycles. The van der Waals surface area contributed by atoms with Gasteiger partial charge in [0.05, 0.1) is 0 Å². The standard InChI is InChI=1S/C5H8Cl2O2Si/c1-3-5(8)9-10(6,7)4-2/h4H,2-3H2,1H3. The molecule has 0 aromatic carbocycles. The van der Waals surface area contributed by atoms with Crippen molar-refractivity contribution in [3.05, 3.63) is 12.3 Å². The minimum Gasteiger partial charge on any atom is -0.489 e. The topological polar surface area (TPSA) is 26.3 Å². The first-order valence-corrected chi connectivity index (χ1v) is 6.76. The molecule has 0 radical (unpaired) electrons. The molecule has 0 saturated heterocycles. The maximum absolute atomic E-state index is 10.6. The number of hydrogen-bond donors (Lipinski definition) is 0. The second kappa shape index (κ2) is 4.01. The molecule has 58 valence electrons. The summed E-state index contributed by atoms with van der Waals surface area (Å²) in [6, 6.07) is 0. The fourth-order valence-electron chi connectivity index (χ4n) is 0.266. The number of carbonyl (C=O) groups is 1. The summed E-state index contributed by atoms with van der Waals surface area (Å²) in [4.78, 5) is 10.6. The Morgan fingerprint density at radius 2 is 2.30 bits per heavy atom. The zero-order valence-corrected chi connectivity index (χ0v) is 8.08. The summed E-state index contributed by atoms with van der Waals surface area (Å²) in [5, 5.41) is 0. The average molecular weight is 199 g/mol. The molecule has 0 aromatic rings. The third kappa shape index (κ3) is 3.93. The normalized spacial score (nSPS) is 10.7. The SMILES string of the molecule is C=C[Si](Cl)(Cl)OC(=O)CC. The first-order valence-electron chi connectivity index (χ1n) is 2.75. The van der Waals surface area contributed by atoms with Gasteiger partial charge in [-0.2, -0.15) is 0 Å². The van der Waals surface area contributed by atoms with Crippen molar-refractivity contribution in [2.45, 2.75) is 13.3 Å². The molecular formula is C5H8Cl2O2Si. The van der Waals surface area contributed by atoms with Gasteiger partial charge in [-0.05, 0) is 5.70 Å². The Kier molecular flexibility index (Phi) is 4.01. The summed E-state index contributed by atoms with van der Waals surface area (Å²) in [6.45, 7) is 2.11. The van der Waals surface area contributed by atoms with Crippen LogP contribution >= 0.6 is 22.2 Å². The quantitative estimate of drug-likeness (QED) is 0.513. The zero-order chi connectivity index (χ0) is 8.20. The molecule has 0 aliphatic heterocycles. The highest BCUT2D eigenvalue weighted by molar-refractivity contribution is 7.45. The van der Waals surface area contributed by atoms with Gasteiger partial charge in [-0.3, -0.25) is 4.79 Å². The molecule has 0 N–H and O–H groups in total. The highest BCUT2D eigenvalue weighted by atomic mass is 35.7. The van der Waals surface area contributed by atoms with E-state index in [0.29, 0.717) is 0 Å². The monoisotopic (exact) mass is 198 g/mol. The van der Waals surface area contributed by atoms with Gasteiger partial charge in [0.1, 0.15) is 0 Å². The molecule has 0 amide bonds. The van der Waals surface area contributed by atoms with Crippen molar-refractivity contribution in [2.24, 2.45) is 0 Å². The van der Waals surface area contributed by atoms with E-state index >= 15 is 0 Å². The van der Waals surface area contributed by atoms with Crippen LogP contribution in [0, 0.1) is 0 Å². The molecule has 0 aliphatic rings. The number of halogens is 2. The van der Waals surface area contributed by atoms with E-state index in [0.717, 1.165) is 0 Å². The molecule has 0 unspecified atom stereocenters. The van der Waals surface area contributed by atoms with Gasteiger partial charge in [0.25, 0.3) is 5.97 Å². The van der Waals surface area contributed by atoms with Gasteiger partial charge in [0, 0.05) is 6.42 Å². The van der Waals surface area contributed by atoms with Crippen molar-refractivity contribution >= 4 is 35.1 Å². The van der Waals surface area contributed by atoms with Crippen molar-refractivity contribution in [3.63, 3.8) is 0 Å². The third-order valence-electron chi connectivity index (χ3n) is 0.776.